The Kier molecular flexibility index (Phi) is 5.22. The first-order valence-electron chi connectivity index (χ1n) is 9.58. The third-order valence-electron chi connectivity index (χ3n) is 5.21. The fourth-order valence-corrected chi connectivity index (χ4v) is 3.92. The van der Waals surface area contributed by atoms with Gasteiger partial charge in [-0.05, 0) is 35.4 Å². The minimum Gasteiger partial charge on any atom is -0.328 e. The molecule has 0 saturated heterocycles. The van der Waals surface area contributed by atoms with Crippen LogP contribution in [0.5, 0.6) is 0 Å². The summed E-state index contributed by atoms with van der Waals surface area (Å²) in [7, 11) is 0. The van der Waals surface area contributed by atoms with Gasteiger partial charge in [0.1, 0.15) is 5.54 Å². The summed E-state index contributed by atoms with van der Waals surface area (Å²) in [6.45, 7) is 0.435. The van der Waals surface area contributed by atoms with Crippen LogP contribution in [-0.2, 0) is 5.54 Å². The average molecular weight is 364 g/mol. The van der Waals surface area contributed by atoms with Gasteiger partial charge in [-0.2, -0.15) is 0 Å². The van der Waals surface area contributed by atoms with Gasteiger partial charge in [-0.3, -0.25) is 0 Å². The molecule has 0 fully saturated rings. The van der Waals surface area contributed by atoms with E-state index in [0.717, 1.165) is 22.5 Å². The van der Waals surface area contributed by atoms with E-state index in [-0.39, 0.29) is 0 Å². The summed E-state index contributed by atoms with van der Waals surface area (Å²) in [6, 6.07) is 42.0. The van der Waals surface area contributed by atoms with Crippen LogP contribution < -0.4 is 10.6 Å². The van der Waals surface area contributed by atoms with E-state index in [0.29, 0.717) is 6.54 Å². The van der Waals surface area contributed by atoms with E-state index in [1.54, 1.807) is 0 Å². The number of nitrogens with zero attached hydrogens (tertiary/aromatic N) is 1. The molecule has 0 unspecified atom stereocenters. The maximum Gasteiger partial charge on any atom is 0.108 e. The highest BCUT2D eigenvalue weighted by Gasteiger charge is 2.40. The van der Waals surface area contributed by atoms with E-state index in [1.807, 2.05) is 24.3 Å². The molecule has 0 radical (unpaired) electrons. The first kappa shape index (κ1) is 18.0. The second kappa shape index (κ2) is 8.12. The lowest BCUT2D eigenvalue weighted by atomic mass is 9.80. The highest BCUT2D eigenvalue weighted by Crippen LogP contribution is 2.43. The molecule has 138 valence electrons. The first-order chi connectivity index (χ1) is 13.9. The zero-order chi connectivity index (χ0) is 19.2. The summed E-state index contributed by atoms with van der Waals surface area (Å²) in [6.07, 6.45) is 0. The summed E-state index contributed by atoms with van der Waals surface area (Å²) >= 11 is 0. The lowest BCUT2D eigenvalue weighted by molar-refractivity contribution is 0.535. The normalized spacial score (nSPS) is 11.2. The fraction of sp³-hybridized carbons (Fsp3) is 0.0769. The zero-order valence-corrected chi connectivity index (χ0v) is 15.8. The minimum atomic E-state index is -0.536. The van der Waals surface area contributed by atoms with Crippen molar-refractivity contribution in [1.29, 1.82) is 0 Å². The largest absolute Gasteiger partial charge is 0.328 e. The van der Waals surface area contributed by atoms with E-state index in [4.69, 9.17) is 5.73 Å². The van der Waals surface area contributed by atoms with Gasteiger partial charge < -0.3 is 10.6 Å². The molecule has 0 spiro atoms. The summed E-state index contributed by atoms with van der Waals surface area (Å²) in [5, 5.41) is 0. The van der Waals surface area contributed by atoms with E-state index in [1.165, 1.54) is 0 Å². The van der Waals surface area contributed by atoms with Crippen molar-refractivity contribution < 1.29 is 0 Å². The highest BCUT2D eigenvalue weighted by atomic mass is 15.2. The van der Waals surface area contributed by atoms with Crippen LogP contribution in [-0.4, -0.2) is 6.54 Å². The topological polar surface area (TPSA) is 29.3 Å². The first-order valence-corrected chi connectivity index (χ1v) is 9.58. The van der Waals surface area contributed by atoms with Crippen LogP contribution in [0, 0.1) is 0 Å². The molecule has 0 atom stereocenters. The molecular weight excluding hydrogens is 340 g/mol. The second-order valence-electron chi connectivity index (χ2n) is 6.80. The van der Waals surface area contributed by atoms with Crippen LogP contribution >= 0.6 is 0 Å². The smallest absolute Gasteiger partial charge is 0.108 e. The van der Waals surface area contributed by atoms with Crippen molar-refractivity contribution >= 4 is 11.4 Å². The quantitative estimate of drug-likeness (QED) is 0.473. The highest BCUT2D eigenvalue weighted by molar-refractivity contribution is 5.70. The number of para-hydroxylation sites is 2. The molecule has 0 heterocycles. The summed E-state index contributed by atoms with van der Waals surface area (Å²) in [5.41, 5.74) is 10.6. The van der Waals surface area contributed by atoms with E-state index in [2.05, 4.69) is 102 Å². The number of hydrogen-bond donors (Lipinski definition) is 1. The van der Waals surface area contributed by atoms with E-state index >= 15 is 0 Å². The van der Waals surface area contributed by atoms with Crippen LogP contribution in [0.25, 0.3) is 0 Å². The number of anilines is 2. The Bertz CT molecular complexity index is 905. The molecule has 0 amide bonds. The number of rotatable bonds is 6. The lowest BCUT2D eigenvalue weighted by Crippen LogP contribution is -2.50. The van der Waals surface area contributed by atoms with E-state index < -0.39 is 5.54 Å². The zero-order valence-electron chi connectivity index (χ0n) is 15.8. The fourth-order valence-electron chi connectivity index (χ4n) is 3.92. The third-order valence-corrected chi connectivity index (χ3v) is 5.21. The molecule has 0 bridgehead atoms. The van der Waals surface area contributed by atoms with Crippen molar-refractivity contribution in [2.75, 3.05) is 11.4 Å². The molecule has 0 aromatic heterocycles. The van der Waals surface area contributed by atoms with E-state index in [9.17, 15) is 0 Å². The van der Waals surface area contributed by atoms with Gasteiger partial charge in [0.15, 0.2) is 0 Å². The predicted octanol–water partition coefficient (Wildman–Crippen LogP) is 5.73. The Morgan fingerprint density at radius 1 is 0.500 bits per heavy atom. The Morgan fingerprint density at radius 3 is 1.14 bits per heavy atom. The molecule has 0 aliphatic rings. The predicted molar refractivity (Wildman–Crippen MR) is 118 cm³/mol. The lowest BCUT2D eigenvalue weighted by Gasteiger charge is -2.46. The molecule has 2 N–H and O–H groups in total. The molecule has 2 heteroatoms. The van der Waals surface area contributed by atoms with Gasteiger partial charge in [0.05, 0.1) is 0 Å². The standard InChI is InChI=1S/C26H24N2/c27-21-26(22-13-5-1-6-14-22,23-15-7-2-8-16-23)28(24-17-9-3-10-18-24)25-19-11-4-12-20-25/h1-20H,21,27H2. The van der Waals surface area contributed by atoms with Crippen LogP contribution in [0.3, 0.4) is 0 Å². The van der Waals surface area contributed by atoms with Gasteiger partial charge in [0.25, 0.3) is 0 Å². The molecule has 4 rings (SSSR count). The molecule has 0 aliphatic heterocycles. The third kappa shape index (κ3) is 3.19. The van der Waals surface area contributed by atoms with Crippen molar-refractivity contribution in [3.63, 3.8) is 0 Å². The SMILES string of the molecule is NCC(c1ccccc1)(c1ccccc1)N(c1ccccc1)c1ccccc1. The van der Waals surface area contributed by atoms with Crippen LogP contribution in [0.15, 0.2) is 121 Å². The minimum absolute atomic E-state index is 0.435. The molecular formula is C26H24N2. The number of benzene rings is 4. The molecule has 0 aliphatic carbocycles. The van der Waals surface area contributed by atoms with Gasteiger partial charge in [0.2, 0.25) is 0 Å². The van der Waals surface area contributed by atoms with Crippen molar-refractivity contribution in [3.8, 4) is 0 Å². The summed E-state index contributed by atoms with van der Waals surface area (Å²) in [5.74, 6) is 0. The average Bonchev–Trinajstić information content (AvgIpc) is 2.80. The van der Waals surface area contributed by atoms with Crippen molar-refractivity contribution in [1.82, 2.24) is 0 Å². The molecule has 0 saturated carbocycles. The van der Waals surface area contributed by atoms with Crippen molar-refractivity contribution in [3.05, 3.63) is 132 Å². The monoisotopic (exact) mass is 364 g/mol. The van der Waals surface area contributed by atoms with Crippen LogP contribution in [0.1, 0.15) is 11.1 Å². The van der Waals surface area contributed by atoms with Gasteiger partial charge >= 0.3 is 0 Å². The van der Waals surface area contributed by atoms with Gasteiger partial charge in [-0.25, -0.2) is 0 Å². The summed E-state index contributed by atoms with van der Waals surface area (Å²) in [4.78, 5) is 2.36. The Balaban J connectivity index is 2.05. The summed E-state index contributed by atoms with van der Waals surface area (Å²) < 4.78 is 0. The van der Waals surface area contributed by atoms with Gasteiger partial charge in [0, 0.05) is 17.9 Å². The maximum absolute atomic E-state index is 6.61. The second-order valence-corrected chi connectivity index (χ2v) is 6.80. The Labute approximate surface area is 166 Å². The van der Waals surface area contributed by atoms with Crippen LogP contribution in [0.2, 0.25) is 0 Å². The molecule has 2 nitrogen and oxygen atoms in total. The Morgan fingerprint density at radius 2 is 0.821 bits per heavy atom. The number of hydrogen-bond acceptors (Lipinski definition) is 2. The van der Waals surface area contributed by atoms with Gasteiger partial charge in [-0.15, -0.1) is 0 Å². The molecule has 4 aromatic rings. The van der Waals surface area contributed by atoms with Gasteiger partial charge in [-0.1, -0.05) is 97.1 Å². The van der Waals surface area contributed by atoms with Crippen molar-refractivity contribution in [2.45, 2.75) is 5.54 Å². The maximum atomic E-state index is 6.61. The van der Waals surface area contributed by atoms with Crippen LogP contribution in [0.4, 0.5) is 11.4 Å². The molecule has 28 heavy (non-hydrogen) atoms. The number of nitrogens with two attached hydrogens (primary N) is 1. The molecule has 4 aromatic carbocycles. The van der Waals surface area contributed by atoms with Crippen molar-refractivity contribution in [2.24, 2.45) is 5.73 Å². The Hall–Kier alpha value is -3.36.